The summed E-state index contributed by atoms with van der Waals surface area (Å²) in [6.45, 7) is 1.30. The number of benzene rings is 2. The van der Waals surface area contributed by atoms with Crippen molar-refractivity contribution in [1.29, 1.82) is 0 Å². The van der Waals surface area contributed by atoms with Crippen molar-refractivity contribution in [3.05, 3.63) is 58.9 Å². The van der Waals surface area contributed by atoms with Gasteiger partial charge >= 0.3 is 0 Å². The third-order valence-electron chi connectivity index (χ3n) is 3.60. The van der Waals surface area contributed by atoms with Crippen molar-refractivity contribution >= 4 is 33.2 Å². The molecule has 0 saturated carbocycles. The Labute approximate surface area is 148 Å². The fourth-order valence-electron chi connectivity index (χ4n) is 2.28. The molecule has 1 amide bonds. The Balaban J connectivity index is 1.65. The third-order valence-corrected chi connectivity index (χ3v) is 4.71. The highest BCUT2D eigenvalue weighted by Gasteiger charge is 2.06. The molecule has 0 aliphatic rings. The van der Waals surface area contributed by atoms with Crippen molar-refractivity contribution in [2.45, 2.75) is 6.92 Å². The molecule has 2 aromatic carbocycles. The molecule has 0 spiro atoms. The first kappa shape index (κ1) is 16.9. The molecule has 128 valence electrons. The highest BCUT2D eigenvalue weighted by molar-refractivity contribution is 7.16. The molecular formula is C18H17N3O3S. The number of amides is 1. The van der Waals surface area contributed by atoms with Crippen LogP contribution in [0.15, 0.2) is 53.6 Å². The first-order valence-electron chi connectivity index (χ1n) is 7.65. The number of fused-ring (bicyclic) bond motifs is 1. The molecule has 7 heteroatoms. The molecule has 0 radical (unpaired) electrons. The molecule has 0 atom stereocenters. The number of rotatable bonds is 5. The van der Waals surface area contributed by atoms with Crippen molar-refractivity contribution in [1.82, 2.24) is 9.99 Å². The van der Waals surface area contributed by atoms with E-state index in [1.54, 1.807) is 24.3 Å². The van der Waals surface area contributed by atoms with E-state index in [2.05, 4.69) is 10.5 Å². The summed E-state index contributed by atoms with van der Waals surface area (Å²) in [5, 5.41) is 4.15. The van der Waals surface area contributed by atoms with E-state index in [0.717, 1.165) is 10.2 Å². The van der Waals surface area contributed by atoms with Gasteiger partial charge in [-0.25, -0.2) is 5.43 Å². The molecule has 0 unspecified atom stereocenters. The van der Waals surface area contributed by atoms with Gasteiger partial charge in [0.05, 0.1) is 10.2 Å². The summed E-state index contributed by atoms with van der Waals surface area (Å²) in [6, 6.07) is 14.6. The SMILES string of the molecule is CC(=O)c1cccc(OCC(=O)N/N=c2/sc3ccccc3n2C)c1. The molecule has 6 nitrogen and oxygen atoms in total. The van der Waals surface area contributed by atoms with Crippen LogP contribution in [-0.2, 0) is 11.8 Å². The van der Waals surface area contributed by atoms with E-state index < -0.39 is 0 Å². The standard InChI is InChI=1S/C18H17N3O3S/c1-12(22)13-6-5-7-14(10-13)24-11-17(23)19-20-18-21(2)15-8-3-4-9-16(15)25-18/h3-10H,11H2,1-2H3,(H,19,23)/b20-18+. The molecule has 3 aromatic rings. The highest BCUT2D eigenvalue weighted by Crippen LogP contribution is 2.15. The van der Waals surface area contributed by atoms with Gasteiger partial charge in [0.15, 0.2) is 12.4 Å². The van der Waals surface area contributed by atoms with Gasteiger partial charge in [-0.3, -0.25) is 9.59 Å². The average molecular weight is 355 g/mol. The third kappa shape index (κ3) is 3.95. The molecule has 0 bridgehead atoms. The normalized spacial score (nSPS) is 11.5. The largest absolute Gasteiger partial charge is 0.484 e. The van der Waals surface area contributed by atoms with Crippen molar-refractivity contribution in [3.63, 3.8) is 0 Å². The van der Waals surface area contributed by atoms with Crippen LogP contribution in [0.1, 0.15) is 17.3 Å². The quantitative estimate of drug-likeness (QED) is 0.564. The molecule has 0 aliphatic carbocycles. The zero-order valence-electron chi connectivity index (χ0n) is 13.9. The van der Waals surface area contributed by atoms with Crippen LogP contribution in [0.2, 0.25) is 0 Å². The van der Waals surface area contributed by atoms with Gasteiger partial charge in [0, 0.05) is 12.6 Å². The van der Waals surface area contributed by atoms with E-state index in [1.807, 2.05) is 35.9 Å². The molecule has 1 aromatic heterocycles. The lowest BCUT2D eigenvalue weighted by atomic mass is 10.1. The molecule has 0 fully saturated rings. The van der Waals surface area contributed by atoms with Crippen LogP contribution in [0, 0.1) is 0 Å². The van der Waals surface area contributed by atoms with E-state index in [-0.39, 0.29) is 18.3 Å². The number of hydrogen-bond donors (Lipinski definition) is 1. The Hall–Kier alpha value is -2.93. The van der Waals surface area contributed by atoms with E-state index in [1.165, 1.54) is 18.3 Å². The fraction of sp³-hybridized carbons (Fsp3) is 0.167. The minimum absolute atomic E-state index is 0.0536. The van der Waals surface area contributed by atoms with E-state index in [9.17, 15) is 9.59 Å². The monoisotopic (exact) mass is 355 g/mol. The van der Waals surface area contributed by atoms with E-state index >= 15 is 0 Å². The van der Waals surface area contributed by atoms with E-state index in [0.29, 0.717) is 16.1 Å². The van der Waals surface area contributed by atoms with Crippen LogP contribution in [0.5, 0.6) is 5.75 Å². The number of aryl methyl sites for hydroxylation is 1. The lowest BCUT2D eigenvalue weighted by molar-refractivity contribution is -0.123. The number of nitrogens with one attached hydrogen (secondary N) is 1. The topological polar surface area (TPSA) is 72.7 Å². The maximum atomic E-state index is 11.9. The number of para-hydroxylation sites is 1. The first-order valence-corrected chi connectivity index (χ1v) is 8.47. The number of aromatic nitrogens is 1. The maximum absolute atomic E-state index is 11.9. The number of carbonyl (C=O) groups excluding carboxylic acids is 2. The van der Waals surface area contributed by atoms with Crippen LogP contribution in [-0.4, -0.2) is 22.9 Å². The molecule has 0 aliphatic heterocycles. The second-order valence-electron chi connectivity index (χ2n) is 5.43. The minimum atomic E-state index is -0.370. The fourth-order valence-corrected chi connectivity index (χ4v) is 3.26. The van der Waals surface area contributed by atoms with Crippen LogP contribution in [0.3, 0.4) is 0 Å². The number of Topliss-reactive ketones (excluding diaryl/α,β-unsaturated/α-hetero) is 1. The zero-order chi connectivity index (χ0) is 17.8. The summed E-state index contributed by atoms with van der Waals surface area (Å²) in [5.41, 5.74) is 4.09. The molecule has 1 heterocycles. The Bertz CT molecular complexity index is 1000. The summed E-state index contributed by atoms with van der Waals surface area (Å²) in [4.78, 5) is 24.0. The summed E-state index contributed by atoms with van der Waals surface area (Å²) < 4.78 is 8.42. The van der Waals surface area contributed by atoms with Gasteiger partial charge in [-0.1, -0.05) is 35.6 Å². The Morgan fingerprint density at radius 2 is 2.00 bits per heavy atom. The maximum Gasteiger partial charge on any atom is 0.278 e. The molecule has 3 rings (SSSR count). The van der Waals surface area contributed by atoms with Gasteiger partial charge in [-0.2, -0.15) is 0 Å². The van der Waals surface area contributed by atoms with E-state index in [4.69, 9.17) is 4.74 Å². The number of carbonyl (C=O) groups is 2. The number of ketones is 1. The van der Waals surface area contributed by atoms with Crippen LogP contribution < -0.4 is 15.0 Å². The van der Waals surface area contributed by atoms with Crippen LogP contribution in [0.25, 0.3) is 10.2 Å². The van der Waals surface area contributed by atoms with Gasteiger partial charge in [0.2, 0.25) is 4.80 Å². The summed E-state index contributed by atoms with van der Waals surface area (Å²) in [5.74, 6) is 0.0446. The smallest absolute Gasteiger partial charge is 0.278 e. The van der Waals surface area contributed by atoms with Gasteiger partial charge in [0.25, 0.3) is 5.91 Å². The van der Waals surface area contributed by atoms with Crippen LogP contribution in [0.4, 0.5) is 0 Å². The summed E-state index contributed by atoms with van der Waals surface area (Å²) >= 11 is 1.49. The molecule has 25 heavy (non-hydrogen) atoms. The minimum Gasteiger partial charge on any atom is -0.484 e. The number of nitrogens with zero attached hydrogens (tertiary/aromatic N) is 2. The second kappa shape index (κ2) is 7.31. The summed E-state index contributed by atoms with van der Waals surface area (Å²) in [7, 11) is 1.90. The van der Waals surface area contributed by atoms with Crippen LogP contribution >= 0.6 is 11.3 Å². The lowest BCUT2D eigenvalue weighted by Gasteiger charge is -2.05. The number of thiazole rings is 1. The predicted octanol–water partition coefficient (Wildman–Crippen LogP) is 2.45. The predicted molar refractivity (Wildman–Crippen MR) is 96.4 cm³/mol. The zero-order valence-corrected chi connectivity index (χ0v) is 14.7. The second-order valence-corrected chi connectivity index (χ2v) is 6.44. The Kier molecular flexibility index (Phi) is 4.95. The molecule has 0 saturated heterocycles. The Morgan fingerprint density at radius 1 is 1.20 bits per heavy atom. The van der Waals surface area contributed by atoms with Gasteiger partial charge in [-0.05, 0) is 31.2 Å². The number of hydrogen-bond acceptors (Lipinski definition) is 5. The number of ether oxygens (including phenoxy) is 1. The highest BCUT2D eigenvalue weighted by atomic mass is 32.1. The molecular weight excluding hydrogens is 338 g/mol. The lowest BCUT2D eigenvalue weighted by Crippen LogP contribution is -2.27. The Morgan fingerprint density at radius 3 is 2.76 bits per heavy atom. The van der Waals surface area contributed by atoms with Crippen molar-refractivity contribution < 1.29 is 14.3 Å². The first-order chi connectivity index (χ1) is 12.0. The average Bonchev–Trinajstić information content (AvgIpc) is 2.95. The van der Waals surface area contributed by atoms with Gasteiger partial charge in [-0.15, -0.1) is 5.10 Å². The van der Waals surface area contributed by atoms with Gasteiger partial charge in [0.1, 0.15) is 5.75 Å². The summed E-state index contributed by atoms with van der Waals surface area (Å²) in [6.07, 6.45) is 0. The van der Waals surface area contributed by atoms with Crippen molar-refractivity contribution in [2.24, 2.45) is 12.1 Å². The molecule has 1 N–H and O–H groups in total. The van der Waals surface area contributed by atoms with Gasteiger partial charge < -0.3 is 9.30 Å². The van der Waals surface area contributed by atoms with Crippen molar-refractivity contribution in [2.75, 3.05) is 6.61 Å². The van der Waals surface area contributed by atoms with Crippen molar-refractivity contribution in [3.8, 4) is 5.75 Å².